The van der Waals surface area contributed by atoms with E-state index >= 15 is 0 Å². The van der Waals surface area contributed by atoms with E-state index in [1.165, 1.54) is 0 Å². The Balaban J connectivity index is 1.45. The summed E-state index contributed by atoms with van der Waals surface area (Å²) in [6.07, 6.45) is 4.05. The molecule has 0 radical (unpaired) electrons. The van der Waals surface area contributed by atoms with Crippen molar-refractivity contribution in [1.82, 2.24) is 19.8 Å². The molecule has 7 nitrogen and oxygen atoms in total. The van der Waals surface area contributed by atoms with Crippen LogP contribution in [0.15, 0.2) is 85.2 Å². The van der Waals surface area contributed by atoms with Crippen LogP contribution in [0.25, 0.3) is 5.69 Å². The summed E-state index contributed by atoms with van der Waals surface area (Å²) in [6.45, 7) is 2.41. The van der Waals surface area contributed by atoms with Crippen molar-refractivity contribution in [2.75, 3.05) is 19.0 Å². The number of rotatable bonds is 8. The van der Waals surface area contributed by atoms with Crippen LogP contribution in [0.1, 0.15) is 35.5 Å². The normalized spacial score (nSPS) is 16.8. The predicted molar refractivity (Wildman–Crippen MR) is 154 cm³/mol. The number of pyridine rings is 1. The summed E-state index contributed by atoms with van der Waals surface area (Å²) in [5, 5.41) is 7.72. The molecule has 1 amide bonds. The van der Waals surface area contributed by atoms with E-state index in [4.69, 9.17) is 28.6 Å². The molecule has 2 N–H and O–H groups in total. The van der Waals surface area contributed by atoms with Gasteiger partial charge in [0.05, 0.1) is 30.6 Å². The molecule has 5 rings (SSSR count). The third-order valence-corrected chi connectivity index (χ3v) is 7.44. The van der Waals surface area contributed by atoms with Crippen LogP contribution in [-0.4, -0.2) is 39.1 Å². The van der Waals surface area contributed by atoms with Crippen LogP contribution in [0.3, 0.4) is 0 Å². The molecule has 4 aromatic rings. The van der Waals surface area contributed by atoms with E-state index in [2.05, 4.69) is 37.2 Å². The lowest BCUT2D eigenvalue weighted by atomic mass is 10.0. The second-order valence-electron chi connectivity index (χ2n) is 9.05. The highest BCUT2D eigenvalue weighted by atomic mass is 35.5. The minimum absolute atomic E-state index is 0.124. The number of halogens is 1. The zero-order chi connectivity index (χ0) is 26.6. The van der Waals surface area contributed by atoms with Crippen molar-refractivity contribution < 1.29 is 9.53 Å². The topological polar surface area (TPSA) is 71.4 Å². The molecule has 3 heterocycles. The summed E-state index contributed by atoms with van der Waals surface area (Å²) in [4.78, 5) is 19.7. The van der Waals surface area contributed by atoms with Gasteiger partial charge in [-0.25, -0.2) is 0 Å². The number of para-hydroxylation sites is 2. The Kier molecular flexibility index (Phi) is 7.62. The van der Waals surface area contributed by atoms with Gasteiger partial charge in [0.15, 0.2) is 5.11 Å². The molecule has 0 bridgehead atoms. The average Bonchev–Trinajstić information content (AvgIpc) is 3.54. The summed E-state index contributed by atoms with van der Waals surface area (Å²) in [6, 6.07) is 22.9. The Morgan fingerprint density at radius 1 is 1.13 bits per heavy atom. The van der Waals surface area contributed by atoms with Gasteiger partial charge in [0.25, 0.3) is 0 Å². The monoisotopic (exact) mass is 545 g/mol. The number of hydrogen-bond donors (Lipinski definition) is 2. The summed E-state index contributed by atoms with van der Waals surface area (Å²) >= 11 is 12.1. The van der Waals surface area contributed by atoms with Gasteiger partial charge in [-0.1, -0.05) is 29.8 Å². The smallest absolute Gasteiger partial charge is 0.226 e. The number of benzene rings is 2. The van der Waals surface area contributed by atoms with Crippen LogP contribution in [0.5, 0.6) is 5.75 Å². The lowest BCUT2D eigenvalue weighted by molar-refractivity contribution is -0.116. The molecule has 0 spiro atoms. The van der Waals surface area contributed by atoms with Gasteiger partial charge < -0.3 is 24.8 Å². The molecule has 1 aliphatic heterocycles. The largest absolute Gasteiger partial charge is 0.495 e. The van der Waals surface area contributed by atoms with Gasteiger partial charge >= 0.3 is 0 Å². The fourth-order valence-corrected chi connectivity index (χ4v) is 5.25. The highest BCUT2D eigenvalue weighted by molar-refractivity contribution is 7.80. The highest BCUT2D eigenvalue weighted by Gasteiger charge is 2.41. The predicted octanol–water partition coefficient (Wildman–Crippen LogP) is 5.84. The number of hydrogen-bond acceptors (Lipinski definition) is 4. The van der Waals surface area contributed by atoms with E-state index in [0.29, 0.717) is 23.1 Å². The number of ether oxygens (including phenoxy) is 1. The number of nitrogens with one attached hydrogen (secondary N) is 2. The molecule has 2 aromatic carbocycles. The zero-order valence-electron chi connectivity index (χ0n) is 21.1. The van der Waals surface area contributed by atoms with Crippen LogP contribution in [0.4, 0.5) is 5.69 Å². The van der Waals surface area contributed by atoms with Gasteiger partial charge in [-0.05, 0) is 79.3 Å². The van der Waals surface area contributed by atoms with E-state index in [1.54, 1.807) is 13.3 Å². The quantitative estimate of drug-likeness (QED) is 0.271. The second-order valence-corrected chi connectivity index (χ2v) is 9.85. The zero-order valence-corrected chi connectivity index (χ0v) is 22.7. The van der Waals surface area contributed by atoms with Crippen molar-refractivity contribution in [3.05, 3.63) is 107 Å². The number of thiocarbonyl (C=S) groups is 1. The van der Waals surface area contributed by atoms with Crippen LogP contribution in [-0.2, 0) is 4.79 Å². The number of carbonyl (C=O) groups is 1. The Morgan fingerprint density at radius 2 is 1.95 bits per heavy atom. The Hall–Kier alpha value is -3.88. The van der Waals surface area contributed by atoms with Crippen molar-refractivity contribution in [2.45, 2.75) is 25.4 Å². The number of carbonyl (C=O) groups excluding carboxylic acids is 1. The summed E-state index contributed by atoms with van der Waals surface area (Å²) in [5.74, 6) is 0.490. The molecule has 0 saturated carbocycles. The molecule has 0 aliphatic carbocycles. The van der Waals surface area contributed by atoms with Gasteiger partial charge in [0.1, 0.15) is 5.75 Å². The molecule has 1 saturated heterocycles. The fraction of sp³-hybridized carbons (Fsp3) is 0.207. The number of methoxy groups -OCH3 is 1. The Labute approximate surface area is 232 Å². The van der Waals surface area contributed by atoms with Gasteiger partial charge in [0.2, 0.25) is 5.91 Å². The molecule has 0 unspecified atom stereocenters. The molecular weight excluding hydrogens is 518 g/mol. The Morgan fingerprint density at radius 3 is 2.71 bits per heavy atom. The second kappa shape index (κ2) is 11.2. The number of anilines is 1. The molecule has 194 valence electrons. The standard InChI is InChI=1S/C29H28ClN5O2S/c1-19-18-20(12-13-21(19)30)34-16-7-10-24(34)28-27(23-9-5-6-15-31-23)33-29(38)35(28)17-14-26(36)32-22-8-3-4-11-25(22)37-2/h3-13,15-16,18,27-28H,14,17H2,1-2H3,(H,32,36)(H,33,38)/t27-,28+/m1/s1. The van der Waals surface area contributed by atoms with Crippen LogP contribution in [0.2, 0.25) is 5.02 Å². The van der Waals surface area contributed by atoms with Gasteiger partial charge in [-0.2, -0.15) is 0 Å². The van der Waals surface area contributed by atoms with Crippen molar-refractivity contribution >= 4 is 40.5 Å². The maximum absolute atomic E-state index is 13.0. The maximum Gasteiger partial charge on any atom is 0.226 e. The van der Waals surface area contributed by atoms with E-state index in [-0.39, 0.29) is 24.4 Å². The van der Waals surface area contributed by atoms with E-state index < -0.39 is 0 Å². The first-order chi connectivity index (χ1) is 18.5. The van der Waals surface area contributed by atoms with Crippen LogP contribution in [0, 0.1) is 6.92 Å². The van der Waals surface area contributed by atoms with Crippen LogP contribution < -0.4 is 15.4 Å². The minimum Gasteiger partial charge on any atom is -0.495 e. The molecule has 9 heteroatoms. The van der Waals surface area contributed by atoms with Gasteiger partial charge in [0, 0.05) is 41.8 Å². The molecule has 38 heavy (non-hydrogen) atoms. The number of aromatic nitrogens is 2. The van der Waals surface area contributed by atoms with Crippen molar-refractivity contribution in [2.24, 2.45) is 0 Å². The van der Waals surface area contributed by atoms with E-state index in [9.17, 15) is 4.79 Å². The summed E-state index contributed by atoms with van der Waals surface area (Å²) < 4.78 is 7.51. The SMILES string of the molecule is COc1ccccc1NC(=O)CCN1C(=S)N[C@H](c2ccccn2)[C@@H]1c1cccn1-c1ccc(Cl)c(C)c1. The van der Waals surface area contributed by atoms with Crippen molar-refractivity contribution in [1.29, 1.82) is 0 Å². The third-order valence-electron chi connectivity index (χ3n) is 6.66. The number of amides is 1. The average molecular weight is 546 g/mol. The van der Waals surface area contributed by atoms with E-state index in [0.717, 1.165) is 27.7 Å². The van der Waals surface area contributed by atoms with Gasteiger partial charge in [-0.15, -0.1) is 0 Å². The van der Waals surface area contributed by atoms with Gasteiger partial charge in [-0.3, -0.25) is 9.78 Å². The molecule has 1 fully saturated rings. The molecule has 2 atom stereocenters. The lowest BCUT2D eigenvalue weighted by Gasteiger charge is -2.29. The first-order valence-corrected chi connectivity index (χ1v) is 13.1. The van der Waals surface area contributed by atoms with Crippen molar-refractivity contribution in [3.8, 4) is 11.4 Å². The lowest BCUT2D eigenvalue weighted by Crippen LogP contribution is -2.33. The maximum atomic E-state index is 13.0. The van der Waals surface area contributed by atoms with Crippen molar-refractivity contribution in [3.63, 3.8) is 0 Å². The van der Waals surface area contributed by atoms with E-state index in [1.807, 2.05) is 73.8 Å². The fourth-order valence-electron chi connectivity index (χ4n) is 4.80. The Bertz CT molecular complexity index is 1460. The highest BCUT2D eigenvalue weighted by Crippen LogP contribution is 2.40. The molecule has 1 aliphatic rings. The molecular formula is C29H28ClN5O2S. The first kappa shape index (κ1) is 25.8. The minimum atomic E-state index is -0.192. The number of nitrogens with zero attached hydrogens (tertiary/aromatic N) is 3. The number of aryl methyl sites for hydroxylation is 1. The summed E-state index contributed by atoms with van der Waals surface area (Å²) in [5.41, 5.74) is 4.53. The first-order valence-electron chi connectivity index (χ1n) is 12.3. The summed E-state index contributed by atoms with van der Waals surface area (Å²) in [7, 11) is 1.58. The van der Waals surface area contributed by atoms with Crippen LogP contribution >= 0.6 is 23.8 Å². The third kappa shape index (κ3) is 5.23. The molecule has 2 aromatic heterocycles.